The minimum atomic E-state index is -0.240. The maximum absolute atomic E-state index is 11.8. The quantitative estimate of drug-likeness (QED) is 0.789. The first-order valence-corrected chi connectivity index (χ1v) is 5.60. The number of H-pyrrole nitrogens is 1. The second kappa shape index (κ2) is 5.12. The highest BCUT2D eigenvalue weighted by atomic mass is 16.5. The van der Waals surface area contributed by atoms with Crippen molar-refractivity contribution < 1.29 is 14.3 Å². The lowest BCUT2D eigenvalue weighted by molar-refractivity contribution is -0.158. The van der Waals surface area contributed by atoms with Crippen molar-refractivity contribution in [1.29, 1.82) is 0 Å². The van der Waals surface area contributed by atoms with Crippen molar-refractivity contribution in [1.82, 2.24) is 10.2 Å². The van der Waals surface area contributed by atoms with E-state index in [-0.39, 0.29) is 18.0 Å². The molecule has 1 N–H and O–H groups in total. The summed E-state index contributed by atoms with van der Waals surface area (Å²) in [7, 11) is 0. The predicted octanol–water partition coefficient (Wildman–Crippen LogP) is 1.44. The first-order chi connectivity index (χ1) is 7.83. The van der Waals surface area contributed by atoms with Gasteiger partial charge in [0.25, 0.3) is 0 Å². The van der Waals surface area contributed by atoms with Gasteiger partial charge in [-0.3, -0.25) is 9.89 Å². The zero-order valence-corrected chi connectivity index (χ0v) is 9.31. The van der Waals surface area contributed by atoms with Crippen LogP contribution in [-0.4, -0.2) is 29.4 Å². The fraction of sp³-hybridized carbons (Fsp3) is 0.636. The molecule has 1 aromatic heterocycles. The van der Waals surface area contributed by atoms with E-state index in [1.807, 2.05) is 13.0 Å². The summed E-state index contributed by atoms with van der Waals surface area (Å²) in [6.45, 7) is 2.90. The Morgan fingerprint density at radius 1 is 1.75 bits per heavy atom. The lowest BCUT2D eigenvalue weighted by Gasteiger charge is -2.29. The maximum Gasteiger partial charge on any atom is 0.311 e. The molecule has 5 nitrogen and oxygen atoms in total. The van der Waals surface area contributed by atoms with Gasteiger partial charge in [0, 0.05) is 12.8 Å². The first-order valence-electron chi connectivity index (χ1n) is 5.60. The molecule has 88 valence electrons. The van der Waals surface area contributed by atoms with Gasteiger partial charge < -0.3 is 9.47 Å². The standard InChI is InChI=1S/C11H16N2O3/c1-2-15-11(14)8-4-3-7-16-10(8)9-5-6-12-13-9/h5-6,8,10H,2-4,7H2,1H3,(H,12,13)/t8-,10-/m1/s1. The van der Waals surface area contributed by atoms with Crippen molar-refractivity contribution in [2.75, 3.05) is 13.2 Å². The van der Waals surface area contributed by atoms with Crippen LogP contribution in [0.3, 0.4) is 0 Å². The molecule has 0 bridgehead atoms. The number of carbonyl (C=O) groups is 1. The number of aromatic amines is 1. The first kappa shape index (κ1) is 11.1. The van der Waals surface area contributed by atoms with Crippen LogP contribution in [0.5, 0.6) is 0 Å². The van der Waals surface area contributed by atoms with Gasteiger partial charge in [0.1, 0.15) is 6.10 Å². The van der Waals surface area contributed by atoms with E-state index in [9.17, 15) is 4.79 Å². The smallest absolute Gasteiger partial charge is 0.311 e. The molecule has 0 unspecified atom stereocenters. The molecule has 16 heavy (non-hydrogen) atoms. The molecule has 2 heterocycles. The lowest BCUT2D eigenvalue weighted by atomic mass is 9.92. The summed E-state index contributed by atoms with van der Waals surface area (Å²) in [6, 6.07) is 1.84. The molecule has 0 saturated carbocycles. The van der Waals surface area contributed by atoms with Gasteiger partial charge in [-0.2, -0.15) is 5.10 Å². The number of esters is 1. The second-order valence-electron chi connectivity index (χ2n) is 3.80. The van der Waals surface area contributed by atoms with Crippen LogP contribution in [0.1, 0.15) is 31.6 Å². The summed E-state index contributed by atoms with van der Waals surface area (Å²) in [5.41, 5.74) is 0.845. The number of carbonyl (C=O) groups excluding carboxylic acids is 1. The van der Waals surface area contributed by atoms with E-state index in [0.29, 0.717) is 13.2 Å². The van der Waals surface area contributed by atoms with E-state index >= 15 is 0 Å². The SMILES string of the molecule is CCOC(=O)[C@@H]1CCCO[C@H]1c1ccn[nH]1. The zero-order chi connectivity index (χ0) is 11.4. The van der Waals surface area contributed by atoms with Crippen molar-refractivity contribution in [3.05, 3.63) is 18.0 Å². The van der Waals surface area contributed by atoms with Crippen LogP contribution in [0.25, 0.3) is 0 Å². The molecule has 2 rings (SSSR count). The van der Waals surface area contributed by atoms with Gasteiger partial charge in [0.15, 0.2) is 0 Å². The summed E-state index contributed by atoms with van der Waals surface area (Å²) in [5.74, 6) is -0.393. The molecule has 0 radical (unpaired) electrons. The molecular formula is C11H16N2O3. The molecule has 0 spiro atoms. The van der Waals surface area contributed by atoms with E-state index in [2.05, 4.69) is 10.2 Å². The number of aromatic nitrogens is 2. The van der Waals surface area contributed by atoms with Crippen molar-refractivity contribution >= 4 is 5.97 Å². The fourth-order valence-corrected chi connectivity index (χ4v) is 2.00. The van der Waals surface area contributed by atoms with Crippen LogP contribution in [0.4, 0.5) is 0 Å². The second-order valence-corrected chi connectivity index (χ2v) is 3.80. The van der Waals surface area contributed by atoms with Crippen LogP contribution < -0.4 is 0 Å². The number of rotatable bonds is 3. The van der Waals surface area contributed by atoms with Crippen molar-refractivity contribution in [2.24, 2.45) is 5.92 Å². The lowest BCUT2D eigenvalue weighted by Crippen LogP contribution is -2.30. The van der Waals surface area contributed by atoms with Gasteiger partial charge in [0.05, 0.1) is 18.2 Å². The summed E-state index contributed by atoms with van der Waals surface area (Å²) in [6.07, 6.45) is 3.13. The van der Waals surface area contributed by atoms with Gasteiger partial charge in [-0.05, 0) is 25.8 Å². The summed E-state index contributed by atoms with van der Waals surface area (Å²) in [5, 5.41) is 6.73. The average Bonchev–Trinajstić information content (AvgIpc) is 2.83. The summed E-state index contributed by atoms with van der Waals surface area (Å²) in [4.78, 5) is 11.8. The van der Waals surface area contributed by atoms with Gasteiger partial charge >= 0.3 is 5.97 Å². The molecule has 1 aliphatic rings. The van der Waals surface area contributed by atoms with Crippen LogP contribution in [0.15, 0.2) is 12.3 Å². The third kappa shape index (κ3) is 2.24. The highest BCUT2D eigenvalue weighted by molar-refractivity contribution is 5.73. The predicted molar refractivity (Wildman–Crippen MR) is 56.6 cm³/mol. The Morgan fingerprint density at radius 3 is 3.31 bits per heavy atom. The summed E-state index contributed by atoms with van der Waals surface area (Å²) >= 11 is 0. The van der Waals surface area contributed by atoms with E-state index in [1.54, 1.807) is 6.20 Å². The molecule has 1 saturated heterocycles. The molecule has 1 aliphatic heterocycles. The van der Waals surface area contributed by atoms with E-state index < -0.39 is 0 Å². The number of nitrogens with one attached hydrogen (secondary N) is 1. The Labute approximate surface area is 94.1 Å². The normalized spacial score (nSPS) is 25.3. The molecule has 2 atom stereocenters. The maximum atomic E-state index is 11.8. The fourth-order valence-electron chi connectivity index (χ4n) is 2.00. The summed E-state index contributed by atoms with van der Waals surface area (Å²) < 4.78 is 10.7. The number of ether oxygens (including phenoxy) is 2. The van der Waals surface area contributed by atoms with E-state index in [0.717, 1.165) is 18.5 Å². The molecular weight excluding hydrogens is 208 g/mol. The Morgan fingerprint density at radius 2 is 2.62 bits per heavy atom. The average molecular weight is 224 g/mol. The molecule has 0 aliphatic carbocycles. The van der Waals surface area contributed by atoms with Crippen molar-refractivity contribution in [2.45, 2.75) is 25.9 Å². The molecule has 0 amide bonds. The Balaban J connectivity index is 2.11. The Hall–Kier alpha value is -1.36. The van der Waals surface area contributed by atoms with Crippen molar-refractivity contribution in [3.63, 3.8) is 0 Å². The zero-order valence-electron chi connectivity index (χ0n) is 9.31. The monoisotopic (exact) mass is 224 g/mol. The van der Waals surface area contributed by atoms with E-state index in [1.165, 1.54) is 0 Å². The van der Waals surface area contributed by atoms with Gasteiger partial charge in [-0.15, -0.1) is 0 Å². The largest absolute Gasteiger partial charge is 0.466 e. The van der Waals surface area contributed by atoms with Crippen LogP contribution >= 0.6 is 0 Å². The van der Waals surface area contributed by atoms with Crippen molar-refractivity contribution in [3.8, 4) is 0 Å². The van der Waals surface area contributed by atoms with E-state index in [4.69, 9.17) is 9.47 Å². The Bertz CT molecular complexity index is 337. The number of hydrogen-bond acceptors (Lipinski definition) is 4. The Kier molecular flexibility index (Phi) is 3.56. The molecule has 1 aromatic rings. The number of nitrogens with zero attached hydrogens (tertiary/aromatic N) is 1. The molecule has 1 fully saturated rings. The minimum Gasteiger partial charge on any atom is -0.466 e. The highest BCUT2D eigenvalue weighted by Crippen LogP contribution is 2.33. The third-order valence-corrected chi connectivity index (χ3v) is 2.74. The van der Waals surface area contributed by atoms with Crippen LogP contribution in [0.2, 0.25) is 0 Å². The minimum absolute atomic E-state index is 0.179. The highest BCUT2D eigenvalue weighted by Gasteiger charge is 2.34. The number of hydrogen-bond donors (Lipinski definition) is 1. The molecule has 5 heteroatoms. The third-order valence-electron chi connectivity index (χ3n) is 2.74. The van der Waals surface area contributed by atoms with Crippen LogP contribution in [0, 0.1) is 5.92 Å². The van der Waals surface area contributed by atoms with Gasteiger partial charge in [-0.25, -0.2) is 0 Å². The molecule has 0 aromatic carbocycles. The van der Waals surface area contributed by atoms with Gasteiger partial charge in [0.2, 0.25) is 0 Å². The topological polar surface area (TPSA) is 64.2 Å². The van der Waals surface area contributed by atoms with Gasteiger partial charge in [-0.1, -0.05) is 0 Å². The van der Waals surface area contributed by atoms with Crippen LogP contribution in [-0.2, 0) is 14.3 Å².